The Morgan fingerprint density at radius 1 is 0.893 bits per heavy atom. The number of aromatic carboxylic acids is 1. The summed E-state index contributed by atoms with van der Waals surface area (Å²) < 4.78 is 40.5. The van der Waals surface area contributed by atoms with E-state index in [1.165, 1.54) is 12.1 Å². The Bertz CT molecular complexity index is 1130. The first-order valence-corrected chi connectivity index (χ1v) is 9.44. The minimum Gasteiger partial charge on any atom is -0.545 e. The maximum atomic E-state index is 13.4. The number of nitrogens with one attached hydrogen (secondary N) is 1. The summed E-state index contributed by atoms with van der Waals surface area (Å²) in [6.07, 6.45) is 0. The van der Waals surface area contributed by atoms with Gasteiger partial charge in [-0.05, 0) is 54.6 Å². The predicted octanol–water partition coefficient (Wildman–Crippen LogP) is 3.41. The molecular formula is C19H13FN3O4S-. The van der Waals surface area contributed by atoms with Crippen LogP contribution in [0, 0.1) is 5.82 Å². The number of nitrogens with zero attached hydrogens (tertiary/aromatic N) is 2. The fourth-order valence-electron chi connectivity index (χ4n) is 2.25. The summed E-state index contributed by atoms with van der Waals surface area (Å²) >= 11 is 0. The molecule has 0 saturated heterocycles. The van der Waals surface area contributed by atoms with E-state index in [1.54, 1.807) is 24.3 Å². The summed E-state index contributed by atoms with van der Waals surface area (Å²) in [5.41, 5.74) is 0.567. The minimum atomic E-state index is -4.12. The molecule has 0 spiro atoms. The lowest BCUT2D eigenvalue weighted by Crippen LogP contribution is -2.24. The van der Waals surface area contributed by atoms with Crippen molar-refractivity contribution < 1.29 is 22.7 Å². The summed E-state index contributed by atoms with van der Waals surface area (Å²) in [7, 11) is -4.12. The summed E-state index contributed by atoms with van der Waals surface area (Å²) in [6.45, 7) is 0. The maximum absolute atomic E-state index is 13.4. The van der Waals surface area contributed by atoms with Crippen LogP contribution in [0.2, 0.25) is 0 Å². The van der Waals surface area contributed by atoms with E-state index in [4.69, 9.17) is 0 Å². The van der Waals surface area contributed by atoms with Crippen molar-refractivity contribution in [2.75, 3.05) is 4.72 Å². The summed E-state index contributed by atoms with van der Waals surface area (Å²) in [4.78, 5) is 10.5. The van der Waals surface area contributed by atoms with Gasteiger partial charge in [0.15, 0.2) is 0 Å². The quantitative estimate of drug-likeness (QED) is 0.641. The molecule has 3 rings (SSSR count). The smallest absolute Gasteiger partial charge is 0.261 e. The lowest BCUT2D eigenvalue weighted by atomic mass is 10.2. The SMILES string of the molecule is O=C([O-])c1cc(S(=O)(=O)Nc2ccc(N=Nc3ccccc3)cc2)ccc1F. The van der Waals surface area contributed by atoms with Crippen LogP contribution in [-0.2, 0) is 10.0 Å². The van der Waals surface area contributed by atoms with Gasteiger partial charge in [0, 0.05) is 11.3 Å². The fraction of sp³-hybridized carbons (Fsp3) is 0. The number of carbonyl (C=O) groups excluding carboxylic acids is 1. The molecule has 0 fully saturated rings. The molecule has 0 atom stereocenters. The first-order valence-electron chi connectivity index (χ1n) is 7.96. The minimum absolute atomic E-state index is 0.220. The normalized spacial score (nSPS) is 11.5. The Kier molecular flexibility index (Phi) is 5.46. The largest absolute Gasteiger partial charge is 0.545 e. The standard InChI is InChI=1S/C19H14FN3O4S/c20-18-11-10-16(12-17(18)19(24)25)28(26,27)23-15-8-6-14(7-9-15)22-21-13-4-2-1-3-5-13/h1-12,23H,(H,24,25)/p-1. The van der Waals surface area contributed by atoms with E-state index in [2.05, 4.69) is 15.0 Å². The Morgan fingerprint density at radius 3 is 2.11 bits per heavy atom. The number of azo groups is 1. The number of sulfonamides is 1. The molecule has 0 aliphatic heterocycles. The molecule has 0 saturated carbocycles. The van der Waals surface area contributed by atoms with Crippen LogP contribution < -0.4 is 9.83 Å². The molecule has 0 bridgehead atoms. The molecule has 1 N–H and O–H groups in total. The zero-order valence-electron chi connectivity index (χ0n) is 14.2. The highest BCUT2D eigenvalue weighted by molar-refractivity contribution is 7.92. The van der Waals surface area contributed by atoms with Crippen molar-refractivity contribution in [3.8, 4) is 0 Å². The number of carboxylic acids is 1. The van der Waals surface area contributed by atoms with Gasteiger partial charge < -0.3 is 9.90 Å². The van der Waals surface area contributed by atoms with Gasteiger partial charge in [0.05, 0.1) is 22.2 Å². The van der Waals surface area contributed by atoms with Gasteiger partial charge in [0.2, 0.25) is 0 Å². The number of anilines is 1. The van der Waals surface area contributed by atoms with E-state index < -0.39 is 32.3 Å². The Morgan fingerprint density at radius 2 is 1.50 bits per heavy atom. The third-order valence-corrected chi connectivity index (χ3v) is 5.00. The summed E-state index contributed by atoms with van der Waals surface area (Å²) in [5, 5.41) is 19.0. The maximum Gasteiger partial charge on any atom is 0.261 e. The molecule has 0 heterocycles. The number of carbonyl (C=O) groups is 1. The van der Waals surface area contributed by atoms with Crippen LogP contribution >= 0.6 is 0 Å². The van der Waals surface area contributed by atoms with E-state index in [0.29, 0.717) is 17.4 Å². The molecule has 9 heteroatoms. The van der Waals surface area contributed by atoms with Crippen molar-refractivity contribution in [3.05, 3.63) is 84.2 Å². The molecule has 3 aromatic rings. The van der Waals surface area contributed by atoms with Crippen molar-refractivity contribution in [1.82, 2.24) is 0 Å². The molecular weight excluding hydrogens is 385 g/mol. The number of hydrogen-bond donors (Lipinski definition) is 1. The van der Waals surface area contributed by atoms with Gasteiger partial charge in [-0.15, -0.1) is 0 Å². The summed E-state index contributed by atoms with van der Waals surface area (Å²) in [6, 6.07) is 17.6. The van der Waals surface area contributed by atoms with Gasteiger partial charge in [0.1, 0.15) is 5.82 Å². The predicted molar refractivity (Wildman–Crippen MR) is 98.6 cm³/mol. The third-order valence-electron chi connectivity index (χ3n) is 3.62. The van der Waals surface area contributed by atoms with Gasteiger partial charge in [-0.1, -0.05) is 18.2 Å². The highest BCUT2D eigenvalue weighted by atomic mass is 32.2. The van der Waals surface area contributed by atoms with Crippen molar-refractivity contribution in [1.29, 1.82) is 0 Å². The van der Waals surface area contributed by atoms with E-state index in [-0.39, 0.29) is 5.69 Å². The zero-order valence-corrected chi connectivity index (χ0v) is 15.1. The van der Waals surface area contributed by atoms with E-state index in [9.17, 15) is 22.7 Å². The molecule has 28 heavy (non-hydrogen) atoms. The van der Waals surface area contributed by atoms with E-state index in [1.807, 2.05) is 18.2 Å². The number of rotatable bonds is 6. The van der Waals surface area contributed by atoms with Crippen LogP contribution in [0.5, 0.6) is 0 Å². The Labute approximate surface area is 160 Å². The van der Waals surface area contributed by atoms with Gasteiger partial charge >= 0.3 is 0 Å². The van der Waals surface area contributed by atoms with Gasteiger partial charge in [0.25, 0.3) is 10.0 Å². The Balaban J connectivity index is 1.77. The van der Waals surface area contributed by atoms with Crippen molar-refractivity contribution in [3.63, 3.8) is 0 Å². The number of halogens is 1. The van der Waals surface area contributed by atoms with E-state index >= 15 is 0 Å². The monoisotopic (exact) mass is 398 g/mol. The molecule has 3 aromatic carbocycles. The number of benzene rings is 3. The van der Waals surface area contributed by atoms with Gasteiger partial charge in [-0.3, -0.25) is 4.72 Å². The van der Waals surface area contributed by atoms with Crippen molar-refractivity contribution >= 4 is 33.1 Å². The van der Waals surface area contributed by atoms with Gasteiger partial charge in [-0.25, -0.2) is 12.8 Å². The average molecular weight is 398 g/mol. The zero-order chi connectivity index (χ0) is 20.1. The van der Waals surface area contributed by atoms with Crippen LogP contribution in [0.25, 0.3) is 0 Å². The number of carboxylic acid groups (broad SMARTS) is 1. The van der Waals surface area contributed by atoms with E-state index in [0.717, 1.165) is 12.1 Å². The first kappa shape index (κ1) is 19.2. The van der Waals surface area contributed by atoms with Crippen LogP contribution in [0.4, 0.5) is 21.5 Å². The molecule has 0 aliphatic rings. The molecule has 0 aromatic heterocycles. The molecule has 0 radical (unpaired) electrons. The highest BCUT2D eigenvalue weighted by Gasteiger charge is 2.17. The molecule has 0 aliphatic carbocycles. The molecule has 0 amide bonds. The molecule has 0 unspecified atom stereocenters. The van der Waals surface area contributed by atoms with Crippen LogP contribution in [-0.4, -0.2) is 14.4 Å². The van der Waals surface area contributed by atoms with Crippen LogP contribution in [0.3, 0.4) is 0 Å². The number of hydrogen-bond acceptors (Lipinski definition) is 6. The van der Waals surface area contributed by atoms with Crippen molar-refractivity contribution in [2.24, 2.45) is 10.2 Å². The molecule has 142 valence electrons. The highest BCUT2D eigenvalue weighted by Crippen LogP contribution is 2.23. The summed E-state index contributed by atoms with van der Waals surface area (Å²) in [5.74, 6) is -2.88. The first-order chi connectivity index (χ1) is 13.3. The van der Waals surface area contributed by atoms with Crippen LogP contribution in [0.15, 0.2) is 87.9 Å². The second kappa shape index (κ2) is 7.97. The Hall–Kier alpha value is -3.59. The lowest BCUT2D eigenvalue weighted by Gasteiger charge is -2.10. The van der Waals surface area contributed by atoms with Gasteiger partial charge in [-0.2, -0.15) is 10.2 Å². The topological polar surface area (TPSA) is 111 Å². The van der Waals surface area contributed by atoms with Crippen LogP contribution in [0.1, 0.15) is 10.4 Å². The second-order valence-corrected chi connectivity index (χ2v) is 7.30. The molecule has 7 nitrogen and oxygen atoms in total. The van der Waals surface area contributed by atoms with Crippen molar-refractivity contribution in [2.45, 2.75) is 4.90 Å². The second-order valence-electron chi connectivity index (χ2n) is 5.62. The third kappa shape index (κ3) is 4.57. The average Bonchev–Trinajstić information content (AvgIpc) is 2.68. The fourth-order valence-corrected chi connectivity index (χ4v) is 3.33. The lowest BCUT2D eigenvalue weighted by molar-refractivity contribution is -0.255.